The molecule has 0 heterocycles. The molecule has 0 aromatic carbocycles. The van der Waals surface area contributed by atoms with Crippen LogP contribution in [0.15, 0.2) is 46.8 Å². The van der Waals surface area contributed by atoms with E-state index in [0.717, 1.165) is 14.2 Å². The molecule has 176 valence electrons. The second-order valence-corrected chi connectivity index (χ2v) is 38.1. The van der Waals surface area contributed by atoms with Crippen molar-refractivity contribution in [3.63, 3.8) is 0 Å². The Kier molecular flexibility index (Phi) is 11.0. The van der Waals surface area contributed by atoms with Gasteiger partial charge in [-0.2, -0.15) is 14.2 Å². The van der Waals surface area contributed by atoms with Crippen LogP contribution in [0.1, 0.15) is 0 Å². The van der Waals surface area contributed by atoms with Gasteiger partial charge in [0.2, 0.25) is 0 Å². The fourth-order valence-electron chi connectivity index (χ4n) is 3.86. The van der Waals surface area contributed by atoms with Gasteiger partial charge in [0.25, 0.3) is 0 Å². The molecule has 2 rings (SSSR count). The predicted octanol–water partition coefficient (Wildman–Crippen LogP) is 5.84. The summed E-state index contributed by atoms with van der Waals surface area (Å²) >= 11 is -0.227. The first-order valence-electron chi connectivity index (χ1n) is 11.3. The van der Waals surface area contributed by atoms with E-state index >= 15 is 0 Å². The molecule has 7 heteroatoms. The molecule has 0 fully saturated rings. The Morgan fingerprint density at radius 3 is 0.968 bits per heavy atom. The van der Waals surface area contributed by atoms with Gasteiger partial charge in [0.15, 0.2) is 0 Å². The number of hydrogen-bond acceptors (Lipinski definition) is 2. The number of rotatable bonds is 6. The van der Waals surface area contributed by atoms with E-state index in [1.807, 2.05) is 0 Å². The SMILES string of the molecule is C[O-].C[O-].C[Si](C)(C)C1=C[C]([Ti+2][C]2([Si](C)(C)C)C=CC([Si](C)(C)C)=C2)([Si](C)(C)C)C=C1. The second-order valence-electron chi connectivity index (χ2n) is 12.7. The van der Waals surface area contributed by atoms with Crippen molar-refractivity contribution in [1.29, 1.82) is 0 Å². The van der Waals surface area contributed by atoms with Crippen LogP contribution in [0.4, 0.5) is 0 Å². The molecule has 2 atom stereocenters. The summed E-state index contributed by atoms with van der Waals surface area (Å²) < 4.78 is 0.831. The quantitative estimate of drug-likeness (QED) is 0.407. The monoisotopic (exact) mass is 528 g/mol. The van der Waals surface area contributed by atoms with Crippen LogP contribution in [0, 0.1) is 0 Å². The fourth-order valence-corrected chi connectivity index (χ4v) is 18.2. The predicted molar refractivity (Wildman–Crippen MR) is 145 cm³/mol. The summed E-state index contributed by atoms with van der Waals surface area (Å²) in [5, 5.41) is 19.9. The van der Waals surface area contributed by atoms with Crippen LogP contribution in [0.3, 0.4) is 0 Å². The maximum atomic E-state index is 8.25. The molecular formula is C24H48O2Si4Ti. The molecule has 2 aliphatic carbocycles. The van der Waals surface area contributed by atoms with Gasteiger partial charge in [0.1, 0.15) is 0 Å². The summed E-state index contributed by atoms with van der Waals surface area (Å²) in [5.74, 6) is 0. The van der Waals surface area contributed by atoms with E-state index in [-0.39, 0.29) is 19.2 Å². The summed E-state index contributed by atoms with van der Waals surface area (Å²) in [6.07, 6.45) is 16.1. The third-order valence-corrected chi connectivity index (χ3v) is 26.4. The maximum absolute atomic E-state index is 8.25. The topological polar surface area (TPSA) is 46.1 Å². The van der Waals surface area contributed by atoms with E-state index in [1.165, 1.54) is 0 Å². The minimum absolute atomic E-state index is 0.227. The van der Waals surface area contributed by atoms with Crippen molar-refractivity contribution < 1.29 is 29.4 Å². The van der Waals surface area contributed by atoms with Crippen molar-refractivity contribution >= 4 is 32.3 Å². The van der Waals surface area contributed by atoms with Gasteiger partial charge in [-0.3, -0.25) is 0 Å². The van der Waals surface area contributed by atoms with E-state index in [9.17, 15) is 0 Å². The zero-order valence-electron chi connectivity index (χ0n) is 22.8. The van der Waals surface area contributed by atoms with Crippen LogP contribution < -0.4 is 10.2 Å². The average Bonchev–Trinajstić information content (AvgIpc) is 3.23. The Morgan fingerprint density at radius 1 is 0.548 bits per heavy atom. The molecular weight excluding hydrogens is 480 g/mol. The number of allylic oxidation sites excluding steroid dienone is 8. The standard InChI is InChI=1S/2C11H21Si2.2CH3O.Ti/c2*1-12(2,3)10-7-8-11(9-10)13(4,5)6;2*1-2;/h2*7-9H,1-6H3;2*1H3;/q;;2*-1;+2. The van der Waals surface area contributed by atoms with Gasteiger partial charge in [0.05, 0.1) is 0 Å². The fraction of sp³-hybridized carbons (Fsp3) is 0.667. The minimum atomic E-state index is -1.37. The molecule has 0 aromatic rings. The molecule has 0 aliphatic heterocycles. The molecule has 0 aromatic heterocycles. The van der Waals surface area contributed by atoms with E-state index in [1.54, 1.807) is 10.4 Å². The Bertz CT molecular complexity index is 667. The third-order valence-electron chi connectivity index (χ3n) is 6.45. The first-order valence-corrected chi connectivity index (χ1v) is 26.9. The van der Waals surface area contributed by atoms with E-state index < -0.39 is 32.3 Å². The van der Waals surface area contributed by atoms with Crippen molar-refractivity contribution in [2.75, 3.05) is 14.2 Å². The van der Waals surface area contributed by atoms with Gasteiger partial charge in [-0.1, -0.05) is 0 Å². The van der Waals surface area contributed by atoms with Crippen molar-refractivity contribution in [2.45, 2.75) is 85.3 Å². The Hall–Kier alpha value is 0.462. The normalized spacial score (nSPS) is 25.7. The molecule has 31 heavy (non-hydrogen) atoms. The van der Waals surface area contributed by atoms with Crippen LogP contribution in [0.5, 0.6) is 0 Å². The van der Waals surface area contributed by atoms with Crippen LogP contribution in [-0.2, 0) is 19.2 Å². The van der Waals surface area contributed by atoms with Crippen LogP contribution in [0.2, 0.25) is 85.3 Å². The summed E-state index contributed by atoms with van der Waals surface area (Å²) in [4.78, 5) is 0. The van der Waals surface area contributed by atoms with Gasteiger partial charge in [-0.05, 0) is 0 Å². The van der Waals surface area contributed by atoms with Gasteiger partial charge in [0, 0.05) is 0 Å². The first kappa shape index (κ1) is 31.5. The average molecular weight is 529 g/mol. The van der Waals surface area contributed by atoms with E-state index in [2.05, 4.69) is 115 Å². The summed E-state index contributed by atoms with van der Waals surface area (Å²) in [5.41, 5.74) is 0. The van der Waals surface area contributed by atoms with Crippen LogP contribution in [0.25, 0.3) is 0 Å². The molecule has 0 bridgehead atoms. The zero-order chi connectivity index (χ0) is 25.1. The molecule has 0 amide bonds. The van der Waals surface area contributed by atoms with E-state index in [4.69, 9.17) is 10.2 Å². The van der Waals surface area contributed by atoms with Crippen molar-refractivity contribution in [1.82, 2.24) is 0 Å². The first-order chi connectivity index (χ1) is 13.8. The zero-order valence-corrected chi connectivity index (χ0v) is 28.3. The third kappa shape index (κ3) is 7.22. The van der Waals surface area contributed by atoms with Crippen LogP contribution >= 0.6 is 0 Å². The molecule has 2 aliphatic rings. The van der Waals surface area contributed by atoms with Crippen molar-refractivity contribution in [2.24, 2.45) is 0 Å². The molecule has 0 spiro atoms. The summed E-state index contributed by atoms with van der Waals surface area (Å²) in [6, 6.07) is 0. The molecule has 0 saturated heterocycles. The molecule has 2 unspecified atom stereocenters. The molecule has 0 saturated carbocycles. The van der Waals surface area contributed by atoms with Gasteiger partial charge in [-0.25, -0.2) is 0 Å². The van der Waals surface area contributed by atoms with Gasteiger partial charge < -0.3 is 10.2 Å². The second kappa shape index (κ2) is 10.8. The molecule has 0 N–H and O–H groups in total. The summed E-state index contributed by atoms with van der Waals surface area (Å²) in [6.45, 7) is 30.8. The van der Waals surface area contributed by atoms with Gasteiger partial charge in [-0.15, -0.1) is 0 Å². The Labute approximate surface area is 207 Å². The summed E-state index contributed by atoms with van der Waals surface area (Å²) in [7, 11) is -3.76. The Balaban J connectivity index is 0.00000212. The van der Waals surface area contributed by atoms with E-state index in [0.29, 0.717) is 6.69 Å². The van der Waals surface area contributed by atoms with Crippen LogP contribution in [-0.4, -0.2) is 46.5 Å². The molecule has 0 radical (unpaired) electrons. The Morgan fingerprint density at radius 2 is 0.806 bits per heavy atom. The number of hydrogen-bond donors (Lipinski definition) is 0. The van der Waals surface area contributed by atoms with Gasteiger partial charge >= 0.3 is 184 Å². The molecule has 2 nitrogen and oxygen atoms in total. The van der Waals surface area contributed by atoms with Crippen molar-refractivity contribution in [3.8, 4) is 0 Å². The van der Waals surface area contributed by atoms with Crippen molar-refractivity contribution in [3.05, 3.63) is 46.8 Å².